The Morgan fingerprint density at radius 2 is 1.78 bits per heavy atom. The molecule has 3 saturated heterocycles. The third-order valence-electron chi connectivity index (χ3n) is 6.66. The van der Waals surface area contributed by atoms with Gasteiger partial charge < -0.3 is 24.6 Å². The highest BCUT2D eigenvalue weighted by molar-refractivity contribution is 14.0. The minimum absolute atomic E-state index is 0. The van der Waals surface area contributed by atoms with Gasteiger partial charge in [-0.25, -0.2) is 0 Å². The van der Waals surface area contributed by atoms with Crippen molar-refractivity contribution in [2.75, 3.05) is 77.5 Å². The maximum absolute atomic E-state index is 5.97. The molecule has 1 aromatic rings. The maximum atomic E-state index is 5.97. The van der Waals surface area contributed by atoms with E-state index in [1.165, 1.54) is 18.7 Å². The summed E-state index contributed by atoms with van der Waals surface area (Å²) < 4.78 is 11.8. The van der Waals surface area contributed by atoms with Crippen molar-refractivity contribution in [1.82, 2.24) is 15.1 Å². The molecule has 1 N–H and O–H groups in total. The summed E-state index contributed by atoms with van der Waals surface area (Å²) in [6.07, 6.45) is 5.07. The molecule has 3 aliphatic rings. The molecular formula is C24H40IN5O2. The topological polar surface area (TPSA) is 52.6 Å². The van der Waals surface area contributed by atoms with Crippen LogP contribution in [0.2, 0.25) is 0 Å². The first-order valence-corrected chi connectivity index (χ1v) is 12.0. The summed E-state index contributed by atoms with van der Waals surface area (Å²) in [5.74, 6) is 1.00. The van der Waals surface area contributed by atoms with Crippen LogP contribution in [0.4, 0.5) is 5.69 Å². The number of benzene rings is 1. The van der Waals surface area contributed by atoms with Gasteiger partial charge in [0, 0.05) is 65.2 Å². The number of nitrogens with zero attached hydrogens (tertiary/aromatic N) is 4. The molecule has 1 aromatic carbocycles. The normalized spacial score (nSPS) is 25.0. The summed E-state index contributed by atoms with van der Waals surface area (Å²) >= 11 is 0. The van der Waals surface area contributed by atoms with E-state index in [2.05, 4.69) is 55.3 Å². The zero-order valence-corrected chi connectivity index (χ0v) is 21.8. The quantitative estimate of drug-likeness (QED) is 0.241. The van der Waals surface area contributed by atoms with Crippen LogP contribution in [-0.4, -0.2) is 101 Å². The fraction of sp³-hybridized carbons (Fsp3) is 0.708. The summed E-state index contributed by atoms with van der Waals surface area (Å²) in [5, 5.41) is 3.57. The summed E-state index contributed by atoms with van der Waals surface area (Å²) in [5.41, 5.74) is 1.35. The lowest BCUT2D eigenvalue weighted by atomic mass is 10.1. The zero-order valence-electron chi connectivity index (χ0n) is 19.5. The van der Waals surface area contributed by atoms with Gasteiger partial charge in [-0.15, -0.1) is 24.0 Å². The number of anilines is 1. The molecule has 2 atom stereocenters. The lowest BCUT2D eigenvalue weighted by molar-refractivity contribution is -0.0816. The van der Waals surface area contributed by atoms with Crippen molar-refractivity contribution in [2.24, 2.45) is 4.99 Å². The average molecular weight is 558 g/mol. The van der Waals surface area contributed by atoms with Crippen LogP contribution < -0.4 is 10.2 Å². The molecule has 8 heteroatoms. The van der Waals surface area contributed by atoms with Crippen LogP contribution in [0.5, 0.6) is 0 Å². The number of rotatable bonds is 7. The highest BCUT2D eigenvalue weighted by Crippen LogP contribution is 2.21. The van der Waals surface area contributed by atoms with Gasteiger partial charge in [0.15, 0.2) is 5.96 Å². The van der Waals surface area contributed by atoms with Crippen LogP contribution in [0.1, 0.15) is 25.7 Å². The summed E-state index contributed by atoms with van der Waals surface area (Å²) in [6.45, 7) is 10.1. The van der Waals surface area contributed by atoms with Crippen molar-refractivity contribution in [3.8, 4) is 0 Å². The highest BCUT2D eigenvalue weighted by atomic mass is 127. The molecule has 3 fully saturated rings. The first-order valence-electron chi connectivity index (χ1n) is 12.0. The predicted molar refractivity (Wildman–Crippen MR) is 141 cm³/mol. The Morgan fingerprint density at radius 3 is 2.50 bits per heavy atom. The Hall–Kier alpha value is -1.10. The van der Waals surface area contributed by atoms with Crippen LogP contribution >= 0.6 is 24.0 Å². The van der Waals surface area contributed by atoms with E-state index in [9.17, 15) is 0 Å². The second-order valence-corrected chi connectivity index (χ2v) is 8.75. The Kier molecular flexibility index (Phi) is 10.8. The largest absolute Gasteiger partial charge is 0.375 e. The number of para-hydroxylation sites is 1. The minimum atomic E-state index is 0. The third kappa shape index (κ3) is 7.20. The monoisotopic (exact) mass is 557 g/mol. The highest BCUT2D eigenvalue weighted by Gasteiger charge is 2.32. The van der Waals surface area contributed by atoms with Crippen molar-refractivity contribution in [3.05, 3.63) is 30.3 Å². The van der Waals surface area contributed by atoms with E-state index in [1.807, 2.05) is 7.05 Å². The molecule has 180 valence electrons. The van der Waals surface area contributed by atoms with E-state index in [0.29, 0.717) is 0 Å². The molecule has 0 radical (unpaired) electrons. The van der Waals surface area contributed by atoms with Crippen LogP contribution in [-0.2, 0) is 9.47 Å². The Labute approximate surface area is 210 Å². The van der Waals surface area contributed by atoms with Gasteiger partial charge in [-0.05, 0) is 44.4 Å². The van der Waals surface area contributed by atoms with Crippen molar-refractivity contribution in [2.45, 2.75) is 37.9 Å². The lowest BCUT2D eigenvalue weighted by Crippen LogP contribution is -2.53. The van der Waals surface area contributed by atoms with Gasteiger partial charge in [-0.3, -0.25) is 9.89 Å². The van der Waals surface area contributed by atoms with Crippen molar-refractivity contribution < 1.29 is 9.47 Å². The van der Waals surface area contributed by atoms with Crippen LogP contribution in [0.15, 0.2) is 35.3 Å². The SMILES string of the molecule is CN=C(NCCCCN1CCN(c2ccccc2)CC1)N1CCOC(C2CCCO2)C1.I. The van der Waals surface area contributed by atoms with Crippen molar-refractivity contribution in [1.29, 1.82) is 0 Å². The van der Waals surface area contributed by atoms with Crippen LogP contribution in [0, 0.1) is 0 Å². The molecule has 0 saturated carbocycles. The molecule has 32 heavy (non-hydrogen) atoms. The predicted octanol–water partition coefficient (Wildman–Crippen LogP) is 2.66. The second-order valence-electron chi connectivity index (χ2n) is 8.75. The first-order chi connectivity index (χ1) is 15.3. The number of piperazine rings is 1. The van der Waals surface area contributed by atoms with Gasteiger partial charge in [-0.2, -0.15) is 0 Å². The number of unbranched alkanes of at least 4 members (excludes halogenated alkanes) is 1. The number of hydrogen-bond acceptors (Lipinski definition) is 5. The van der Waals surface area contributed by atoms with Gasteiger partial charge in [0.05, 0.1) is 12.7 Å². The second kappa shape index (κ2) is 13.6. The van der Waals surface area contributed by atoms with E-state index in [1.54, 1.807) is 0 Å². The molecular weight excluding hydrogens is 517 g/mol. The number of guanidine groups is 1. The van der Waals surface area contributed by atoms with Crippen molar-refractivity contribution in [3.63, 3.8) is 0 Å². The minimum Gasteiger partial charge on any atom is -0.375 e. The molecule has 3 heterocycles. The Balaban J connectivity index is 0.00000289. The maximum Gasteiger partial charge on any atom is 0.193 e. The number of ether oxygens (including phenoxy) is 2. The number of morpholine rings is 1. The third-order valence-corrected chi connectivity index (χ3v) is 6.66. The molecule has 3 aliphatic heterocycles. The summed E-state index contributed by atoms with van der Waals surface area (Å²) in [7, 11) is 1.88. The Bertz CT molecular complexity index is 678. The Morgan fingerprint density at radius 1 is 1.00 bits per heavy atom. The van der Waals surface area contributed by atoms with E-state index in [0.717, 1.165) is 84.2 Å². The number of aliphatic imine (C=N–C) groups is 1. The average Bonchev–Trinajstić information content (AvgIpc) is 3.38. The van der Waals surface area contributed by atoms with E-state index in [4.69, 9.17) is 9.47 Å². The number of nitrogens with one attached hydrogen (secondary N) is 1. The fourth-order valence-corrected chi connectivity index (χ4v) is 4.85. The summed E-state index contributed by atoms with van der Waals surface area (Å²) in [4.78, 5) is 11.9. The first kappa shape index (κ1) is 25.5. The van der Waals surface area contributed by atoms with Gasteiger partial charge in [0.25, 0.3) is 0 Å². The smallest absolute Gasteiger partial charge is 0.193 e. The molecule has 2 unspecified atom stereocenters. The zero-order chi connectivity index (χ0) is 21.3. The fourth-order valence-electron chi connectivity index (χ4n) is 4.85. The molecule has 4 rings (SSSR count). The number of halogens is 1. The van der Waals surface area contributed by atoms with Crippen molar-refractivity contribution >= 4 is 35.6 Å². The molecule has 0 aromatic heterocycles. The van der Waals surface area contributed by atoms with Gasteiger partial charge in [-0.1, -0.05) is 18.2 Å². The van der Waals surface area contributed by atoms with E-state index >= 15 is 0 Å². The molecule has 7 nitrogen and oxygen atoms in total. The van der Waals surface area contributed by atoms with E-state index in [-0.39, 0.29) is 36.2 Å². The van der Waals surface area contributed by atoms with Gasteiger partial charge in [0.1, 0.15) is 6.10 Å². The lowest BCUT2D eigenvalue weighted by Gasteiger charge is -2.37. The van der Waals surface area contributed by atoms with Gasteiger partial charge >= 0.3 is 0 Å². The van der Waals surface area contributed by atoms with Crippen LogP contribution in [0.25, 0.3) is 0 Å². The van der Waals surface area contributed by atoms with E-state index < -0.39 is 0 Å². The van der Waals surface area contributed by atoms with Gasteiger partial charge in [0.2, 0.25) is 0 Å². The molecule has 0 bridgehead atoms. The molecule has 0 amide bonds. The number of hydrogen-bond donors (Lipinski definition) is 1. The standard InChI is InChI=1S/C24H39N5O2.HI/c1-25-24(29-17-19-31-23(20-29)22-10-7-18-30-22)26-11-5-6-12-27-13-15-28(16-14-27)21-8-3-2-4-9-21;/h2-4,8-9,22-23H,5-7,10-20H2,1H3,(H,25,26);1H. The molecule has 0 aliphatic carbocycles. The summed E-state index contributed by atoms with van der Waals surface area (Å²) in [6, 6.07) is 10.8. The van der Waals surface area contributed by atoms with Crippen LogP contribution in [0.3, 0.4) is 0 Å². The molecule has 0 spiro atoms.